The van der Waals surface area contributed by atoms with Gasteiger partial charge in [-0.1, -0.05) is 87.2 Å². The summed E-state index contributed by atoms with van der Waals surface area (Å²) in [5.74, 6) is -0.944. The van der Waals surface area contributed by atoms with Crippen molar-refractivity contribution in [3.05, 3.63) is 104 Å². The summed E-state index contributed by atoms with van der Waals surface area (Å²) < 4.78 is 6.35. The molecule has 0 fully saturated rings. The maximum Gasteiger partial charge on any atom is 0.340 e. The Balaban J connectivity index is 1.97. The van der Waals surface area contributed by atoms with Crippen molar-refractivity contribution < 1.29 is 14.3 Å². The highest BCUT2D eigenvalue weighted by Crippen LogP contribution is 2.28. The molecule has 5 heteroatoms. The van der Waals surface area contributed by atoms with Crippen molar-refractivity contribution in [1.29, 1.82) is 0 Å². The van der Waals surface area contributed by atoms with Crippen molar-refractivity contribution in [2.24, 2.45) is 0 Å². The zero-order valence-corrected chi connectivity index (χ0v) is 17.8. The van der Waals surface area contributed by atoms with E-state index in [2.05, 4.69) is 15.9 Å². The first-order valence-corrected chi connectivity index (χ1v) is 9.86. The summed E-state index contributed by atoms with van der Waals surface area (Å²) in [6.07, 6.45) is -1.06. The number of Topliss-reactive ketones (excluding diaryl/α,β-unsaturated/α-hetero) is 1. The van der Waals surface area contributed by atoms with E-state index >= 15 is 0 Å². The molecule has 142 valence electrons. The van der Waals surface area contributed by atoms with Crippen LogP contribution in [0.4, 0.5) is 0 Å². The molecule has 3 aromatic rings. The number of halogens is 2. The van der Waals surface area contributed by atoms with Crippen LogP contribution in [0.3, 0.4) is 0 Å². The molecule has 0 N–H and O–H groups in total. The first kappa shape index (κ1) is 20.3. The first-order valence-electron chi connectivity index (χ1n) is 8.68. The number of esters is 1. The van der Waals surface area contributed by atoms with Gasteiger partial charge in [-0.05, 0) is 32.0 Å². The molecule has 0 aliphatic rings. The molecule has 0 amide bonds. The second-order valence-corrected chi connectivity index (χ2v) is 7.87. The van der Waals surface area contributed by atoms with E-state index in [4.69, 9.17) is 16.3 Å². The smallest absolute Gasteiger partial charge is 0.340 e. The topological polar surface area (TPSA) is 43.4 Å². The molecule has 0 unspecified atom stereocenters. The number of rotatable bonds is 5. The lowest BCUT2D eigenvalue weighted by Gasteiger charge is -2.18. The minimum absolute atomic E-state index is 0.199. The van der Waals surface area contributed by atoms with E-state index in [1.165, 1.54) is 0 Å². The van der Waals surface area contributed by atoms with Gasteiger partial charge in [-0.25, -0.2) is 4.79 Å². The van der Waals surface area contributed by atoms with Crippen LogP contribution in [0.25, 0.3) is 0 Å². The lowest BCUT2D eigenvalue weighted by atomic mass is 9.98. The second kappa shape index (κ2) is 8.72. The minimum Gasteiger partial charge on any atom is -0.445 e. The van der Waals surface area contributed by atoms with E-state index in [0.717, 1.165) is 11.1 Å². The number of ether oxygens (including phenoxy) is 1. The van der Waals surface area contributed by atoms with E-state index in [1.54, 1.807) is 42.5 Å². The summed E-state index contributed by atoms with van der Waals surface area (Å²) in [5.41, 5.74) is 3.37. The van der Waals surface area contributed by atoms with Crippen molar-refractivity contribution in [2.45, 2.75) is 20.0 Å². The second-order valence-electron chi connectivity index (χ2n) is 6.55. The van der Waals surface area contributed by atoms with E-state index < -0.39 is 12.1 Å². The summed E-state index contributed by atoms with van der Waals surface area (Å²) >= 11 is 9.47. The third kappa shape index (κ3) is 4.70. The molecule has 3 rings (SSSR count). The standard InChI is InChI=1S/C23H18BrClO3/c1-14-3-7-16(8-4-14)21(26)22(17-9-5-15(2)6-10-17)28-23(27)19-13-18(24)11-12-20(19)25/h3-13,22H,1-2H3/t22-/m0/s1. The van der Waals surface area contributed by atoms with E-state index in [-0.39, 0.29) is 16.4 Å². The Morgan fingerprint density at radius 2 is 1.46 bits per heavy atom. The highest BCUT2D eigenvalue weighted by Gasteiger charge is 2.27. The predicted molar refractivity (Wildman–Crippen MR) is 114 cm³/mol. The van der Waals surface area contributed by atoms with Crippen molar-refractivity contribution >= 4 is 39.3 Å². The van der Waals surface area contributed by atoms with Gasteiger partial charge in [-0.2, -0.15) is 0 Å². The van der Waals surface area contributed by atoms with Gasteiger partial charge in [0.15, 0.2) is 6.10 Å². The van der Waals surface area contributed by atoms with Gasteiger partial charge < -0.3 is 4.74 Å². The third-order valence-corrected chi connectivity index (χ3v) is 5.15. The lowest BCUT2D eigenvalue weighted by molar-refractivity contribution is 0.0280. The fraction of sp³-hybridized carbons (Fsp3) is 0.130. The van der Waals surface area contributed by atoms with Crippen LogP contribution in [0, 0.1) is 13.8 Å². The van der Waals surface area contributed by atoms with Gasteiger partial charge in [-0.3, -0.25) is 4.79 Å². The fourth-order valence-electron chi connectivity index (χ4n) is 2.71. The number of hydrogen-bond donors (Lipinski definition) is 0. The summed E-state index contributed by atoms with van der Waals surface area (Å²) in [6, 6.07) is 19.4. The highest BCUT2D eigenvalue weighted by molar-refractivity contribution is 9.10. The van der Waals surface area contributed by atoms with Crippen LogP contribution in [0.15, 0.2) is 71.2 Å². The molecule has 0 spiro atoms. The molecule has 28 heavy (non-hydrogen) atoms. The quantitative estimate of drug-likeness (QED) is 0.324. The van der Waals surface area contributed by atoms with Crippen LogP contribution in [-0.4, -0.2) is 11.8 Å². The Kier molecular flexibility index (Phi) is 6.32. The Hall–Kier alpha value is -2.43. The zero-order valence-electron chi connectivity index (χ0n) is 15.4. The molecule has 1 atom stereocenters. The average Bonchev–Trinajstić information content (AvgIpc) is 2.68. The average molecular weight is 458 g/mol. The van der Waals surface area contributed by atoms with E-state index in [9.17, 15) is 9.59 Å². The zero-order chi connectivity index (χ0) is 20.3. The molecule has 0 aliphatic heterocycles. The molecule has 0 aliphatic carbocycles. The van der Waals surface area contributed by atoms with Crippen molar-refractivity contribution in [3.8, 4) is 0 Å². The van der Waals surface area contributed by atoms with Crippen molar-refractivity contribution in [2.75, 3.05) is 0 Å². The Labute approximate surface area is 177 Å². The Bertz CT molecular complexity index is 1010. The normalized spacial score (nSPS) is 11.7. The molecular weight excluding hydrogens is 440 g/mol. The molecule has 0 aromatic heterocycles. The Morgan fingerprint density at radius 1 is 0.893 bits per heavy atom. The molecule has 0 bridgehead atoms. The number of carbonyl (C=O) groups excluding carboxylic acids is 2. The van der Waals surface area contributed by atoms with Gasteiger partial charge in [0.2, 0.25) is 5.78 Å². The number of benzene rings is 3. The van der Waals surface area contributed by atoms with Gasteiger partial charge >= 0.3 is 5.97 Å². The number of aryl methyl sites for hydroxylation is 2. The summed E-state index contributed by atoms with van der Waals surface area (Å²) in [6.45, 7) is 3.90. The van der Waals surface area contributed by atoms with Crippen LogP contribution in [0.5, 0.6) is 0 Å². The maximum atomic E-state index is 13.1. The fourth-order valence-corrected chi connectivity index (χ4v) is 3.26. The van der Waals surface area contributed by atoms with Crippen LogP contribution in [-0.2, 0) is 4.74 Å². The van der Waals surface area contributed by atoms with E-state index in [1.807, 2.05) is 38.1 Å². The summed E-state index contributed by atoms with van der Waals surface area (Å²) in [4.78, 5) is 25.9. The molecule has 3 nitrogen and oxygen atoms in total. The van der Waals surface area contributed by atoms with Crippen LogP contribution in [0.1, 0.15) is 43.5 Å². The van der Waals surface area contributed by atoms with Gasteiger partial charge in [0.05, 0.1) is 10.6 Å². The van der Waals surface area contributed by atoms with Crippen LogP contribution in [0.2, 0.25) is 5.02 Å². The molecule has 0 heterocycles. The van der Waals surface area contributed by atoms with Crippen LogP contribution >= 0.6 is 27.5 Å². The predicted octanol–water partition coefficient (Wildman–Crippen LogP) is 6.50. The molecule has 0 radical (unpaired) electrons. The lowest BCUT2D eigenvalue weighted by Crippen LogP contribution is -2.20. The molecular formula is C23H18BrClO3. The van der Waals surface area contributed by atoms with Gasteiger partial charge in [0.25, 0.3) is 0 Å². The van der Waals surface area contributed by atoms with E-state index in [0.29, 0.717) is 15.6 Å². The summed E-state index contributed by atoms with van der Waals surface area (Å²) in [5, 5.41) is 0.263. The number of ketones is 1. The van der Waals surface area contributed by atoms with Gasteiger partial charge in [-0.15, -0.1) is 0 Å². The third-order valence-electron chi connectivity index (χ3n) is 4.33. The first-order chi connectivity index (χ1) is 13.3. The van der Waals surface area contributed by atoms with Crippen molar-refractivity contribution in [3.63, 3.8) is 0 Å². The van der Waals surface area contributed by atoms with Crippen molar-refractivity contribution in [1.82, 2.24) is 0 Å². The Morgan fingerprint density at radius 3 is 2.07 bits per heavy atom. The largest absolute Gasteiger partial charge is 0.445 e. The molecule has 3 aromatic carbocycles. The highest BCUT2D eigenvalue weighted by atomic mass is 79.9. The number of carbonyl (C=O) groups is 2. The van der Waals surface area contributed by atoms with Gasteiger partial charge in [0, 0.05) is 15.6 Å². The number of hydrogen-bond acceptors (Lipinski definition) is 3. The molecule has 0 saturated carbocycles. The summed E-state index contributed by atoms with van der Waals surface area (Å²) in [7, 11) is 0. The SMILES string of the molecule is Cc1ccc(C(=O)[C@@H](OC(=O)c2cc(Br)ccc2Cl)c2ccc(C)cc2)cc1. The minimum atomic E-state index is -1.06. The maximum absolute atomic E-state index is 13.1. The monoisotopic (exact) mass is 456 g/mol. The van der Waals surface area contributed by atoms with Gasteiger partial charge in [0.1, 0.15) is 0 Å². The molecule has 0 saturated heterocycles. The van der Waals surface area contributed by atoms with Crippen LogP contribution < -0.4 is 0 Å².